The molecular formula is C22H27IN6O. The second kappa shape index (κ2) is 10.4. The molecule has 2 heterocycles. The Hall–Kier alpha value is -2.62. The van der Waals surface area contributed by atoms with Gasteiger partial charge in [-0.2, -0.15) is 0 Å². The Kier molecular flexibility index (Phi) is 7.67. The van der Waals surface area contributed by atoms with Gasteiger partial charge in [0.05, 0.1) is 6.54 Å². The van der Waals surface area contributed by atoms with Crippen molar-refractivity contribution in [2.45, 2.75) is 39.4 Å². The van der Waals surface area contributed by atoms with E-state index >= 15 is 0 Å². The van der Waals surface area contributed by atoms with E-state index in [1.165, 1.54) is 0 Å². The number of guanidine groups is 1. The maximum absolute atomic E-state index is 6.10. The van der Waals surface area contributed by atoms with Gasteiger partial charge < -0.3 is 19.9 Å². The van der Waals surface area contributed by atoms with Crippen molar-refractivity contribution in [2.24, 2.45) is 4.99 Å². The van der Waals surface area contributed by atoms with Crippen LogP contribution in [0.15, 0.2) is 53.5 Å². The first-order valence-electron chi connectivity index (χ1n) is 9.91. The number of aromatic nitrogens is 3. The Morgan fingerprint density at radius 1 is 1.10 bits per heavy atom. The van der Waals surface area contributed by atoms with Crippen LogP contribution in [0.2, 0.25) is 0 Å². The fraction of sp³-hybridized carbons (Fsp3) is 0.318. The molecule has 30 heavy (non-hydrogen) atoms. The topological polar surface area (TPSA) is 76.4 Å². The number of aryl methyl sites for hydroxylation is 2. The molecule has 4 rings (SSSR count). The van der Waals surface area contributed by atoms with Gasteiger partial charge in [-0.3, -0.25) is 4.99 Å². The zero-order valence-corrected chi connectivity index (χ0v) is 19.6. The quantitative estimate of drug-likeness (QED) is 0.295. The van der Waals surface area contributed by atoms with E-state index in [1.54, 1.807) is 7.05 Å². The van der Waals surface area contributed by atoms with Crippen LogP contribution in [0.3, 0.4) is 0 Å². The van der Waals surface area contributed by atoms with Crippen LogP contribution >= 0.6 is 24.0 Å². The summed E-state index contributed by atoms with van der Waals surface area (Å²) in [5, 5.41) is 15.2. The molecule has 8 heteroatoms. The lowest BCUT2D eigenvalue weighted by Crippen LogP contribution is -2.37. The summed E-state index contributed by atoms with van der Waals surface area (Å²) < 4.78 is 8.29. The highest BCUT2D eigenvalue weighted by molar-refractivity contribution is 14.0. The zero-order chi connectivity index (χ0) is 20.1. The summed E-state index contributed by atoms with van der Waals surface area (Å²) in [5.41, 5.74) is 2.22. The number of nitrogens with one attached hydrogen (secondary N) is 2. The second-order valence-electron chi connectivity index (χ2n) is 7.09. The van der Waals surface area contributed by atoms with Gasteiger partial charge in [0, 0.05) is 32.1 Å². The number of hydrogen-bond acceptors (Lipinski definition) is 4. The number of aliphatic imine (C=N–C) groups is 1. The molecule has 0 saturated heterocycles. The second-order valence-corrected chi connectivity index (χ2v) is 7.09. The highest BCUT2D eigenvalue weighted by Gasteiger charge is 2.17. The largest absolute Gasteiger partial charge is 0.457 e. The molecule has 0 unspecified atom stereocenters. The summed E-state index contributed by atoms with van der Waals surface area (Å²) >= 11 is 0. The molecule has 2 aromatic carbocycles. The number of para-hydroxylation sites is 1. The molecule has 0 bridgehead atoms. The van der Waals surface area contributed by atoms with Crippen molar-refractivity contribution in [1.82, 2.24) is 25.4 Å². The lowest BCUT2D eigenvalue weighted by molar-refractivity contribution is 0.474. The van der Waals surface area contributed by atoms with Gasteiger partial charge in [-0.05, 0) is 37.1 Å². The van der Waals surface area contributed by atoms with Crippen molar-refractivity contribution in [3.63, 3.8) is 0 Å². The van der Waals surface area contributed by atoms with E-state index < -0.39 is 0 Å². The lowest BCUT2D eigenvalue weighted by Gasteiger charge is -2.15. The third-order valence-electron chi connectivity index (χ3n) is 4.96. The number of hydrogen-bond donors (Lipinski definition) is 2. The van der Waals surface area contributed by atoms with Crippen LogP contribution in [0.5, 0.6) is 11.5 Å². The highest BCUT2D eigenvalue weighted by atomic mass is 127. The molecule has 0 atom stereocenters. The highest BCUT2D eigenvalue weighted by Crippen LogP contribution is 2.26. The average Bonchev–Trinajstić information content (AvgIpc) is 3.35. The maximum atomic E-state index is 6.10. The molecule has 0 fully saturated rings. The van der Waals surface area contributed by atoms with Gasteiger partial charge in [0.1, 0.15) is 17.3 Å². The van der Waals surface area contributed by atoms with Gasteiger partial charge in [0.25, 0.3) is 0 Å². The van der Waals surface area contributed by atoms with E-state index in [2.05, 4.69) is 55.5 Å². The summed E-state index contributed by atoms with van der Waals surface area (Å²) in [7, 11) is 1.76. The van der Waals surface area contributed by atoms with Crippen LogP contribution in [0, 0.1) is 6.92 Å². The molecule has 0 aliphatic carbocycles. The van der Waals surface area contributed by atoms with Gasteiger partial charge in [-0.25, -0.2) is 0 Å². The SMILES string of the molecule is CN=C(NCc1ccc(C)cc1Oc1ccccc1)NCc1nnc2n1CCC2.I. The number of halogens is 1. The van der Waals surface area contributed by atoms with E-state index in [4.69, 9.17) is 4.74 Å². The first-order valence-corrected chi connectivity index (χ1v) is 9.91. The number of nitrogens with zero attached hydrogens (tertiary/aromatic N) is 4. The third kappa shape index (κ3) is 5.29. The van der Waals surface area contributed by atoms with Gasteiger partial charge >= 0.3 is 0 Å². The van der Waals surface area contributed by atoms with Crippen molar-refractivity contribution in [2.75, 3.05) is 7.05 Å². The molecule has 0 spiro atoms. The molecule has 7 nitrogen and oxygen atoms in total. The van der Waals surface area contributed by atoms with E-state index in [-0.39, 0.29) is 24.0 Å². The van der Waals surface area contributed by atoms with Crippen LogP contribution in [0.1, 0.15) is 29.2 Å². The maximum Gasteiger partial charge on any atom is 0.191 e. The minimum absolute atomic E-state index is 0. The summed E-state index contributed by atoms with van der Waals surface area (Å²) in [6.45, 7) is 4.25. The van der Waals surface area contributed by atoms with E-state index in [0.717, 1.165) is 53.7 Å². The minimum Gasteiger partial charge on any atom is -0.457 e. The molecule has 1 aliphatic heterocycles. The van der Waals surface area contributed by atoms with Crippen molar-refractivity contribution in [3.05, 3.63) is 71.3 Å². The van der Waals surface area contributed by atoms with Crippen molar-refractivity contribution >= 4 is 29.9 Å². The Morgan fingerprint density at radius 2 is 1.90 bits per heavy atom. The molecule has 1 aliphatic rings. The molecule has 2 N–H and O–H groups in total. The smallest absolute Gasteiger partial charge is 0.191 e. The monoisotopic (exact) mass is 518 g/mol. The summed E-state index contributed by atoms with van der Waals surface area (Å²) in [6, 6.07) is 16.1. The Bertz CT molecular complexity index is 1000. The normalized spacial score (nSPS) is 12.8. The predicted molar refractivity (Wildman–Crippen MR) is 128 cm³/mol. The predicted octanol–water partition coefficient (Wildman–Crippen LogP) is 3.81. The number of ether oxygens (including phenoxy) is 1. The van der Waals surface area contributed by atoms with Crippen LogP contribution in [-0.4, -0.2) is 27.8 Å². The van der Waals surface area contributed by atoms with Crippen LogP contribution in [0.25, 0.3) is 0 Å². The average molecular weight is 518 g/mol. The third-order valence-corrected chi connectivity index (χ3v) is 4.96. The van der Waals surface area contributed by atoms with Crippen molar-refractivity contribution in [3.8, 4) is 11.5 Å². The van der Waals surface area contributed by atoms with E-state index in [0.29, 0.717) is 19.0 Å². The number of rotatable bonds is 6. The van der Waals surface area contributed by atoms with E-state index in [1.807, 2.05) is 30.3 Å². The van der Waals surface area contributed by atoms with Crippen LogP contribution in [0.4, 0.5) is 0 Å². The number of fused-ring (bicyclic) bond motifs is 1. The Morgan fingerprint density at radius 3 is 2.70 bits per heavy atom. The zero-order valence-electron chi connectivity index (χ0n) is 17.3. The molecule has 158 valence electrons. The van der Waals surface area contributed by atoms with Gasteiger partial charge in [0.2, 0.25) is 0 Å². The fourth-order valence-electron chi connectivity index (χ4n) is 3.42. The summed E-state index contributed by atoms with van der Waals surface area (Å²) in [5.74, 6) is 4.40. The molecular weight excluding hydrogens is 491 g/mol. The lowest BCUT2D eigenvalue weighted by atomic mass is 10.1. The molecule has 1 aromatic heterocycles. The molecule has 0 saturated carbocycles. The minimum atomic E-state index is 0. The fourth-order valence-corrected chi connectivity index (χ4v) is 3.42. The van der Waals surface area contributed by atoms with Gasteiger partial charge in [0.15, 0.2) is 11.8 Å². The molecule has 3 aromatic rings. The summed E-state index contributed by atoms with van der Waals surface area (Å²) in [6.07, 6.45) is 2.15. The molecule has 0 amide bonds. The first kappa shape index (κ1) is 22.1. The Balaban J connectivity index is 0.00000256. The molecule has 0 radical (unpaired) electrons. The van der Waals surface area contributed by atoms with Gasteiger partial charge in [-0.1, -0.05) is 30.3 Å². The van der Waals surface area contributed by atoms with E-state index in [9.17, 15) is 0 Å². The van der Waals surface area contributed by atoms with Crippen molar-refractivity contribution in [1.29, 1.82) is 0 Å². The Labute approximate surface area is 194 Å². The van der Waals surface area contributed by atoms with Crippen LogP contribution < -0.4 is 15.4 Å². The summed E-state index contributed by atoms with van der Waals surface area (Å²) in [4.78, 5) is 4.32. The number of benzene rings is 2. The van der Waals surface area contributed by atoms with Crippen LogP contribution in [-0.2, 0) is 26.1 Å². The first-order chi connectivity index (χ1) is 14.2. The van der Waals surface area contributed by atoms with Crippen molar-refractivity contribution < 1.29 is 4.74 Å². The van der Waals surface area contributed by atoms with Gasteiger partial charge in [-0.15, -0.1) is 34.2 Å². The standard InChI is InChI=1S/C22H26N6O.HI/c1-16-10-11-17(19(13-16)29-18-7-4-3-5-8-18)14-24-22(23-2)25-15-21-27-26-20-9-6-12-28(20)21;/h3-5,7-8,10-11,13H,6,9,12,14-15H2,1-2H3,(H2,23,24,25);1H.